The molecule has 1 aromatic carbocycles. The van der Waals surface area contributed by atoms with Gasteiger partial charge in [0.05, 0.1) is 4.90 Å². The van der Waals surface area contributed by atoms with Crippen LogP contribution in [0.5, 0.6) is 0 Å². The van der Waals surface area contributed by atoms with Crippen LogP contribution < -0.4 is 4.72 Å². The van der Waals surface area contributed by atoms with E-state index in [2.05, 4.69) is 16.3 Å². The van der Waals surface area contributed by atoms with Gasteiger partial charge in [-0.25, -0.2) is 13.2 Å². The molecule has 2 heterocycles. The Morgan fingerprint density at radius 2 is 2.00 bits per heavy atom. The SMILES string of the molecule is C=CCn1c(C)cc(C(=O)COC(=O)[C@H](C)N=C2NS(=O)(=O)c3ccccc32)c1C. The van der Waals surface area contributed by atoms with Gasteiger partial charge in [-0.1, -0.05) is 18.2 Å². The zero-order valence-electron chi connectivity index (χ0n) is 17.0. The average molecular weight is 429 g/mol. The van der Waals surface area contributed by atoms with Crippen LogP contribution in [0.3, 0.4) is 0 Å². The lowest BCUT2D eigenvalue weighted by atomic mass is 10.1. The smallest absolute Gasteiger partial charge is 0.331 e. The van der Waals surface area contributed by atoms with E-state index >= 15 is 0 Å². The van der Waals surface area contributed by atoms with E-state index < -0.39 is 28.6 Å². The number of sulfonamides is 1. The molecule has 0 radical (unpaired) electrons. The Bertz CT molecular complexity index is 1160. The first-order chi connectivity index (χ1) is 14.2. The zero-order valence-corrected chi connectivity index (χ0v) is 17.8. The summed E-state index contributed by atoms with van der Waals surface area (Å²) in [5.41, 5.74) is 2.56. The minimum absolute atomic E-state index is 0.0781. The van der Waals surface area contributed by atoms with Crippen molar-refractivity contribution in [1.82, 2.24) is 9.29 Å². The third-order valence-corrected chi connectivity index (χ3v) is 6.25. The van der Waals surface area contributed by atoms with Gasteiger partial charge in [0.1, 0.15) is 11.9 Å². The molecule has 0 bridgehead atoms. The van der Waals surface area contributed by atoms with Gasteiger partial charge in [0.25, 0.3) is 10.0 Å². The van der Waals surface area contributed by atoms with Crippen molar-refractivity contribution >= 4 is 27.6 Å². The quantitative estimate of drug-likeness (QED) is 0.412. The number of carbonyl (C=O) groups excluding carboxylic acids is 2. The largest absolute Gasteiger partial charge is 0.456 e. The number of aromatic nitrogens is 1. The molecule has 1 atom stereocenters. The number of esters is 1. The Balaban J connectivity index is 1.69. The molecule has 0 saturated heterocycles. The topological polar surface area (TPSA) is 107 Å². The highest BCUT2D eigenvalue weighted by Gasteiger charge is 2.31. The number of carbonyl (C=O) groups is 2. The highest BCUT2D eigenvalue weighted by atomic mass is 32.2. The molecule has 158 valence electrons. The lowest BCUT2D eigenvalue weighted by molar-refractivity contribution is -0.143. The van der Waals surface area contributed by atoms with Gasteiger partial charge in [0, 0.05) is 29.1 Å². The molecule has 0 aliphatic carbocycles. The summed E-state index contributed by atoms with van der Waals surface area (Å²) >= 11 is 0. The Labute approximate surface area is 175 Å². The molecule has 1 aliphatic rings. The molecule has 0 fully saturated rings. The fourth-order valence-corrected chi connectivity index (χ4v) is 4.54. The van der Waals surface area contributed by atoms with E-state index in [-0.39, 0.29) is 16.5 Å². The van der Waals surface area contributed by atoms with E-state index in [1.165, 1.54) is 13.0 Å². The van der Waals surface area contributed by atoms with Crippen LogP contribution >= 0.6 is 0 Å². The van der Waals surface area contributed by atoms with Gasteiger partial charge >= 0.3 is 5.97 Å². The second kappa shape index (κ2) is 8.27. The van der Waals surface area contributed by atoms with Crippen LogP contribution in [0.1, 0.15) is 34.2 Å². The summed E-state index contributed by atoms with van der Waals surface area (Å²) in [4.78, 5) is 29.1. The summed E-state index contributed by atoms with van der Waals surface area (Å²) in [5, 5.41) is 0. The minimum atomic E-state index is -3.70. The lowest BCUT2D eigenvalue weighted by Gasteiger charge is -2.09. The normalized spacial score (nSPS) is 16.6. The number of hydrogen-bond acceptors (Lipinski definition) is 6. The van der Waals surface area contributed by atoms with E-state index in [1.807, 2.05) is 18.4 Å². The maximum atomic E-state index is 12.5. The van der Waals surface area contributed by atoms with Gasteiger partial charge in [-0.3, -0.25) is 14.5 Å². The van der Waals surface area contributed by atoms with Gasteiger partial charge in [0.2, 0.25) is 5.78 Å². The molecular formula is C21H23N3O5S. The van der Waals surface area contributed by atoms with Crippen molar-refractivity contribution in [2.75, 3.05) is 6.61 Å². The van der Waals surface area contributed by atoms with Crippen molar-refractivity contribution in [3.63, 3.8) is 0 Å². The lowest BCUT2D eigenvalue weighted by Crippen LogP contribution is -2.27. The molecule has 1 N–H and O–H groups in total. The first-order valence-corrected chi connectivity index (χ1v) is 10.8. The zero-order chi connectivity index (χ0) is 22.1. The number of ether oxygens (including phenoxy) is 1. The van der Waals surface area contributed by atoms with Crippen LogP contribution in [-0.4, -0.2) is 43.2 Å². The number of rotatable bonds is 7. The predicted octanol–water partition coefficient (Wildman–Crippen LogP) is 2.14. The Morgan fingerprint density at radius 1 is 1.30 bits per heavy atom. The standard InChI is InChI=1S/C21H23N3O5S/c1-5-10-24-13(2)11-17(15(24)4)18(25)12-29-21(26)14(3)22-20-16-8-6-7-9-19(16)30(27,28)23-20/h5-9,11,14H,1,10,12H2,2-4H3,(H,22,23)/t14-/m0/s1. The minimum Gasteiger partial charge on any atom is -0.456 e. The number of nitrogens with zero attached hydrogens (tertiary/aromatic N) is 2. The third-order valence-electron chi connectivity index (χ3n) is 4.86. The highest BCUT2D eigenvalue weighted by Crippen LogP contribution is 2.22. The third kappa shape index (κ3) is 4.06. The molecular weight excluding hydrogens is 406 g/mol. The summed E-state index contributed by atoms with van der Waals surface area (Å²) in [5.74, 6) is -0.966. The molecule has 0 saturated carbocycles. The summed E-state index contributed by atoms with van der Waals surface area (Å²) in [6.07, 6.45) is 1.74. The Hall–Kier alpha value is -3.20. The van der Waals surface area contributed by atoms with Crippen LogP contribution in [0.15, 0.2) is 52.9 Å². The van der Waals surface area contributed by atoms with Crippen molar-refractivity contribution in [3.05, 3.63) is 65.5 Å². The molecule has 9 heteroatoms. The Morgan fingerprint density at radius 3 is 2.70 bits per heavy atom. The number of ketones is 1. The van der Waals surface area contributed by atoms with Crippen LogP contribution in [0, 0.1) is 13.8 Å². The number of amidine groups is 1. The van der Waals surface area contributed by atoms with Gasteiger partial charge in [-0.05, 0) is 39.0 Å². The number of benzene rings is 1. The highest BCUT2D eigenvalue weighted by molar-refractivity contribution is 7.90. The molecule has 2 aromatic rings. The maximum Gasteiger partial charge on any atom is 0.331 e. The number of aliphatic imine (C=N–C) groups is 1. The number of Topliss-reactive ketones (excluding diaryl/α,β-unsaturated/α-hetero) is 1. The number of fused-ring (bicyclic) bond motifs is 1. The van der Waals surface area contributed by atoms with Crippen LogP contribution in [0.25, 0.3) is 0 Å². The van der Waals surface area contributed by atoms with Crippen molar-refractivity contribution in [2.45, 2.75) is 38.3 Å². The fourth-order valence-electron chi connectivity index (χ4n) is 3.30. The number of aryl methyl sites for hydroxylation is 1. The Kier molecular flexibility index (Phi) is 5.93. The van der Waals surface area contributed by atoms with Crippen molar-refractivity contribution < 1.29 is 22.7 Å². The molecule has 1 aromatic heterocycles. The van der Waals surface area contributed by atoms with Gasteiger partial charge in [-0.2, -0.15) is 0 Å². The van der Waals surface area contributed by atoms with E-state index in [4.69, 9.17) is 4.74 Å². The van der Waals surface area contributed by atoms with E-state index in [9.17, 15) is 18.0 Å². The first-order valence-electron chi connectivity index (χ1n) is 9.33. The number of nitrogens with one attached hydrogen (secondary N) is 1. The van der Waals surface area contributed by atoms with E-state index in [0.717, 1.165) is 11.4 Å². The molecule has 8 nitrogen and oxygen atoms in total. The van der Waals surface area contributed by atoms with Crippen LogP contribution in [0.2, 0.25) is 0 Å². The van der Waals surface area contributed by atoms with E-state index in [0.29, 0.717) is 17.7 Å². The van der Waals surface area contributed by atoms with Crippen molar-refractivity contribution in [1.29, 1.82) is 0 Å². The summed E-state index contributed by atoms with van der Waals surface area (Å²) < 4.78 is 33.7. The van der Waals surface area contributed by atoms with Crippen molar-refractivity contribution in [2.24, 2.45) is 4.99 Å². The monoisotopic (exact) mass is 429 g/mol. The molecule has 1 aliphatic heterocycles. The first kappa shape index (κ1) is 21.5. The summed E-state index contributed by atoms with van der Waals surface area (Å²) in [6, 6.07) is 7.12. The average Bonchev–Trinajstić information content (AvgIpc) is 3.13. The fraction of sp³-hybridized carbons (Fsp3) is 0.286. The van der Waals surface area contributed by atoms with E-state index in [1.54, 1.807) is 30.3 Å². The summed E-state index contributed by atoms with van der Waals surface area (Å²) in [6.45, 7) is 9.05. The molecule has 0 spiro atoms. The molecule has 30 heavy (non-hydrogen) atoms. The van der Waals surface area contributed by atoms with Crippen LogP contribution in [0.4, 0.5) is 0 Å². The number of allylic oxidation sites excluding steroid dienone is 1. The maximum absolute atomic E-state index is 12.5. The van der Waals surface area contributed by atoms with Gasteiger partial charge in [0.15, 0.2) is 6.61 Å². The van der Waals surface area contributed by atoms with Gasteiger partial charge < -0.3 is 9.30 Å². The summed E-state index contributed by atoms with van der Waals surface area (Å²) in [7, 11) is -3.70. The molecule has 0 unspecified atom stereocenters. The van der Waals surface area contributed by atoms with Gasteiger partial charge in [-0.15, -0.1) is 6.58 Å². The number of hydrogen-bond donors (Lipinski definition) is 1. The predicted molar refractivity (Wildman–Crippen MR) is 112 cm³/mol. The molecule has 0 amide bonds. The second-order valence-electron chi connectivity index (χ2n) is 6.97. The van der Waals surface area contributed by atoms with Crippen LogP contribution in [-0.2, 0) is 26.1 Å². The second-order valence-corrected chi connectivity index (χ2v) is 8.62. The van der Waals surface area contributed by atoms with Crippen molar-refractivity contribution in [3.8, 4) is 0 Å². The molecule has 3 rings (SSSR count).